The van der Waals surface area contributed by atoms with Crippen LogP contribution in [0.3, 0.4) is 0 Å². The highest BCUT2D eigenvalue weighted by atomic mass is 16.3. The molecule has 1 aromatic carbocycles. The van der Waals surface area contributed by atoms with E-state index in [2.05, 4.69) is 17.3 Å². The normalized spacial score (nSPS) is 11.0. The Morgan fingerprint density at radius 2 is 1.95 bits per heavy atom. The fourth-order valence-corrected chi connectivity index (χ4v) is 1.97. The molecular formula is C16H21N3O2. The summed E-state index contributed by atoms with van der Waals surface area (Å²) in [5, 5.41) is 17.3. The smallest absolute Gasteiger partial charge is 0.275 e. The molecule has 112 valence electrons. The van der Waals surface area contributed by atoms with Crippen LogP contribution in [0.2, 0.25) is 0 Å². The van der Waals surface area contributed by atoms with Crippen molar-refractivity contribution >= 4 is 0 Å². The number of rotatable bonds is 5. The maximum atomic E-state index is 12.0. The van der Waals surface area contributed by atoms with Crippen LogP contribution in [0.5, 0.6) is 5.75 Å². The molecule has 0 saturated carbocycles. The molecule has 2 aromatic rings. The molecule has 0 amide bonds. The van der Waals surface area contributed by atoms with E-state index in [4.69, 9.17) is 0 Å². The second kappa shape index (κ2) is 6.54. The van der Waals surface area contributed by atoms with Gasteiger partial charge in [-0.25, -0.2) is 0 Å². The van der Waals surface area contributed by atoms with Gasteiger partial charge >= 0.3 is 0 Å². The van der Waals surface area contributed by atoms with Gasteiger partial charge in [0, 0.05) is 18.7 Å². The fourth-order valence-electron chi connectivity index (χ4n) is 1.97. The van der Waals surface area contributed by atoms with Crippen molar-refractivity contribution in [3.8, 4) is 11.4 Å². The number of nitrogens with zero attached hydrogens (tertiary/aromatic N) is 2. The van der Waals surface area contributed by atoms with Gasteiger partial charge in [-0.15, -0.1) is 0 Å². The summed E-state index contributed by atoms with van der Waals surface area (Å²) in [6.07, 6.45) is 0.946. The summed E-state index contributed by atoms with van der Waals surface area (Å²) in [6.45, 7) is 6.51. The van der Waals surface area contributed by atoms with Crippen molar-refractivity contribution in [1.82, 2.24) is 15.1 Å². The molecule has 0 saturated heterocycles. The Labute approximate surface area is 124 Å². The van der Waals surface area contributed by atoms with Crippen LogP contribution in [0.15, 0.2) is 35.1 Å². The van der Waals surface area contributed by atoms with Crippen molar-refractivity contribution in [3.05, 3.63) is 51.9 Å². The lowest BCUT2D eigenvalue weighted by Crippen LogP contribution is -2.26. The standard InChI is InChI=1S/C16H21N3O2/c1-4-12-5-7-13(8-6-12)19-16(21)9-15(20)14(18-19)10-17-11(2)3/h5-9,11,17,20H,4,10H2,1-3H3. The molecule has 0 fully saturated rings. The summed E-state index contributed by atoms with van der Waals surface area (Å²) < 4.78 is 1.32. The predicted molar refractivity (Wildman–Crippen MR) is 82.9 cm³/mol. The first-order chi connectivity index (χ1) is 10.0. The fraction of sp³-hybridized carbons (Fsp3) is 0.375. The Balaban J connectivity index is 2.38. The van der Waals surface area contributed by atoms with Gasteiger partial charge in [0.15, 0.2) is 0 Å². The van der Waals surface area contributed by atoms with Crippen molar-refractivity contribution in [2.24, 2.45) is 0 Å². The molecule has 0 aliphatic heterocycles. The summed E-state index contributed by atoms with van der Waals surface area (Å²) in [4.78, 5) is 12.0. The van der Waals surface area contributed by atoms with E-state index in [1.54, 1.807) is 0 Å². The zero-order valence-corrected chi connectivity index (χ0v) is 12.6. The zero-order valence-electron chi connectivity index (χ0n) is 12.6. The van der Waals surface area contributed by atoms with Crippen LogP contribution in [0.4, 0.5) is 0 Å². The summed E-state index contributed by atoms with van der Waals surface area (Å²) in [6, 6.07) is 9.16. The van der Waals surface area contributed by atoms with Crippen LogP contribution in [0.1, 0.15) is 32.0 Å². The van der Waals surface area contributed by atoms with Gasteiger partial charge in [-0.3, -0.25) is 4.79 Å². The van der Waals surface area contributed by atoms with Gasteiger partial charge < -0.3 is 10.4 Å². The van der Waals surface area contributed by atoms with Gasteiger partial charge in [0.25, 0.3) is 5.56 Å². The van der Waals surface area contributed by atoms with Crippen LogP contribution in [0, 0.1) is 0 Å². The predicted octanol–water partition coefficient (Wildman–Crippen LogP) is 2.00. The highest BCUT2D eigenvalue weighted by molar-refractivity contribution is 5.35. The number of benzene rings is 1. The number of hydrogen-bond donors (Lipinski definition) is 2. The average molecular weight is 287 g/mol. The quantitative estimate of drug-likeness (QED) is 0.882. The summed E-state index contributed by atoms with van der Waals surface area (Å²) in [5.41, 5.74) is 2.02. The Morgan fingerprint density at radius 3 is 2.52 bits per heavy atom. The maximum Gasteiger partial charge on any atom is 0.275 e. The Hall–Kier alpha value is -2.14. The molecule has 21 heavy (non-hydrogen) atoms. The van der Waals surface area contributed by atoms with Crippen molar-refractivity contribution in [2.75, 3.05) is 0 Å². The Kier molecular flexibility index (Phi) is 4.75. The van der Waals surface area contributed by atoms with E-state index in [0.29, 0.717) is 17.9 Å². The van der Waals surface area contributed by atoms with E-state index in [1.165, 1.54) is 16.3 Å². The van der Waals surface area contributed by atoms with Crippen LogP contribution in [0.25, 0.3) is 5.69 Å². The minimum absolute atomic E-state index is 0.0745. The van der Waals surface area contributed by atoms with E-state index in [-0.39, 0.29) is 17.4 Å². The van der Waals surface area contributed by atoms with Crippen LogP contribution >= 0.6 is 0 Å². The van der Waals surface area contributed by atoms with Gasteiger partial charge in [-0.1, -0.05) is 32.9 Å². The molecule has 2 rings (SSSR count). The third-order valence-corrected chi connectivity index (χ3v) is 3.25. The third kappa shape index (κ3) is 3.70. The van der Waals surface area contributed by atoms with Gasteiger partial charge in [0.2, 0.25) is 0 Å². The van der Waals surface area contributed by atoms with E-state index in [9.17, 15) is 9.90 Å². The topological polar surface area (TPSA) is 67.2 Å². The van der Waals surface area contributed by atoms with Gasteiger partial charge in [-0.2, -0.15) is 9.78 Å². The van der Waals surface area contributed by atoms with E-state index < -0.39 is 0 Å². The molecule has 5 nitrogen and oxygen atoms in total. The molecule has 0 radical (unpaired) electrons. The molecule has 5 heteroatoms. The minimum atomic E-state index is -0.343. The number of hydrogen-bond acceptors (Lipinski definition) is 4. The molecule has 1 aromatic heterocycles. The Morgan fingerprint density at radius 1 is 1.29 bits per heavy atom. The number of aromatic nitrogens is 2. The van der Waals surface area contributed by atoms with Crippen LogP contribution in [-0.4, -0.2) is 20.9 Å². The lowest BCUT2D eigenvalue weighted by Gasteiger charge is -2.11. The molecule has 0 aliphatic carbocycles. The van der Waals surface area contributed by atoms with Crippen molar-refractivity contribution in [3.63, 3.8) is 0 Å². The SMILES string of the molecule is CCc1ccc(-n2nc(CNC(C)C)c(O)cc2=O)cc1. The molecule has 0 unspecified atom stereocenters. The first-order valence-corrected chi connectivity index (χ1v) is 7.16. The molecule has 0 aliphatic rings. The van der Waals surface area contributed by atoms with E-state index >= 15 is 0 Å². The van der Waals surface area contributed by atoms with Gasteiger partial charge in [-0.05, 0) is 24.1 Å². The van der Waals surface area contributed by atoms with Crippen LogP contribution < -0.4 is 10.9 Å². The molecule has 0 bridgehead atoms. The number of aromatic hydroxyl groups is 1. The van der Waals surface area contributed by atoms with E-state index in [1.807, 2.05) is 38.1 Å². The van der Waals surface area contributed by atoms with Crippen molar-refractivity contribution in [1.29, 1.82) is 0 Å². The highest BCUT2D eigenvalue weighted by Gasteiger charge is 2.09. The minimum Gasteiger partial charge on any atom is -0.506 e. The first-order valence-electron chi connectivity index (χ1n) is 7.16. The van der Waals surface area contributed by atoms with Crippen molar-refractivity contribution < 1.29 is 5.11 Å². The monoisotopic (exact) mass is 287 g/mol. The lowest BCUT2D eigenvalue weighted by molar-refractivity contribution is 0.447. The second-order valence-corrected chi connectivity index (χ2v) is 5.28. The molecule has 0 atom stereocenters. The summed E-state index contributed by atoms with van der Waals surface area (Å²) >= 11 is 0. The van der Waals surface area contributed by atoms with Crippen LogP contribution in [-0.2, 0) is 13.0 Å². The largest absolute Gasteiger partial charge is 0.506 e. The van der Waals surface area contributed by atoms with Gasteiger partial charge in [0.1, 0.15) is 11.4 Å². The van der Waals surface area contributed by atoms with E-state index in [0.717, 1.165) is 6.42 Å². The first kappa shape index (κ1) is 15.3. The number of aryl methyl sites for hydroxylation is 1. The summed E-state index contributed by atoms with van der Waals surface area (Å²) in [5.74, 6) is -0.0745. The molecule has 1 heterocycles. The maximum absolute atomic E-state index is 12.0. The molecular weight excluding hydrogens is 266 g/mol. The lowest BCUT2D eigenvalue weighted by atomic mass is 10.1. The highest BCUT2D eigenvalue weighted by Crippen LogP contribution is 2.13. The second-order valence-electron chi connectivity index (χ2n) is 5.28. The van der Waals surface area contributed by atoms with Gasteiger partial charge in [0.05, 0.1) is 5.69 Å². The zero-order chi connectivity index (χ0) is 15.4. The average Bonchev–Trinajstić information content (AvgIpc) is 2.46. The number of nitrogens with one attached hydrogen (secondary N) is 1. The van der Waals surface area contributed by atoms with Crippen molar-refractivity contribution in [2.45, 2.75) is 39.8 Å². The third-order valence-electron chi connectivity index (χ3n) is 3.25. The summed E-state index contributed by atoms with van der Waals surface area (Å²) in [7, 11) is 0. The Bertz CT molecular complexity index is 660. The molecule has 0 spiro atoms. The molecule has 2 N–H and O–H groups in total.